The quantitative estimate of drug-likeness (QED) is 0.611. The Kier molecular flexibility index (Phi) is 5.40. The lowest BCUT2D eigenvalue weighted by atomic mass is 9.98. The van der Waals surface area contributed by atoms with Gasteiger partial charge in [0.25, 0.3) is 0 Å². The van der Waals surface area contributed by atoms with Crippen LogP contribution in [-0.2, 0) is 10.0 Å². The summed E-state index contributed by atoms with van der Waals surface area (Å²) >= 11 is 0. The minimum absolute atomic E-state index is 0.171. The second kappa shape index (κ2) is 7.48. The van der Waals surface area contributed by atoms with Crippen molar-refractivity contribution in [2.24, 2.45) is 5.92 Å². The summed E-state index contributed by atoms with van der Waals surface area (Å²) < 4.78 is 75.4. The predicted octanol–water partition coefficient (Wildman–Crippen LogP) is 2.98. The van der Waals surface area contributed by atoms with E-state index >= 15 is 0 Å². The number of fused-ring (bicyclic) bond motifs is 1. The van der Waals surface area contributed by atoms with E-state index in [0.717, 1.165) is 6.07 Å². The van der Waals surface area contributed by atoms with Crippen LogP contribution in [0.5, 0.6) is 0 Å². The molecule has 0 saturated carbocycles. The van der Waals surface area contributed by atoms with Gasteiger partial charge in [0.1, 0.15) is 18.0 Å². The number of halogens is 4. The van der Waals surface area contributed by atoms with Crippen molar-refractivity contribution in [3.8, 4) is 0 Å². The second-order valence-corrected chi connectivity index (χ2v) is 8.14. The Morgan fingerprint density at radius 3 is 2.75 bits per heavy atom. The number of nitrogens with one attached hydrogen (secondary N) is 1. The standard InChI is InChI=1S/C16H15F4N5O2S/c1-21-14-6-13-11(5-12(14)17)15(23-9-22-13)25-4-2-3-10(8-25)7-24-28(26,27)16(18,19)20/h5-6,9-10,24H,2-4,7-8H2. The topological polar surface area (TPSA) is 79.6 Å². The smallest absolute Gasteiger partial charge is 0.356 e. The lowest BCUT2D eigenvalue weighted by Crippen LogP contribution is -2.44. The van der Waals surface area contributed by atoms with Gasteiger partial charge in [0, 0.05) is 25.0 Å². The van der Waals surface area contributed by atoms with Gasteiger partial charge in [-0.05, 0) is 30.9 Å². The van der Waals surface area contributed by atoms with E-state index in [1.807, 2.05) is 0 Å². The molecule has 1 fully saturated rings. The fourth-order valence-corrected chi connectivity index (χ4v) is 3.74. The molecule has 1 aromatic heterocycles. The van der Waals surface area contributed by atoms with Gasteiger partial charge in [-0.2, -0.15) is 13.2 Å². The zero-order valence-corrected chi connectivity index (χ0v) is 15.2. The number of nitrogens with zero attached hydrogens (tertiary/aromatic N) is 4. The average Bonchev–Trinajstić information content (AvgIpc) is 2.65. The first-order valence-corrected chi connectivity index (χ1v) is 9.73. The minimum Gasteiger partial charge on any atom is -0.356 e. The Hall–Kier alpha value is -2.52. The Morgan fingerprint density at radius 1 is 1.32 bits per heavy atom. The summed E-state index contributed by atoms with van der Waals surface area (Å²) in [6, 6.07) is 2.47. The van der Waals surface area contributed by atoms with Crippen LogP contribution in [-0.4, -0.2) is 43.5 Å². The predicted molar refractivity (Wildman–Crippen MR) is 93.7 cm³/mol. The van der Waals surface area contributed by atoms with Gasteiger partial charge in [0.2, 0.25) is 5.69 Å². The van der Waals surface area contributed by atoms with E-state index in [1.54, 1.807) is 9.62 Å². The molecule has 1 atom stereocenters. The van der Waals surface area contributed by atoms with Crippen molar-refractivity contribution >= 4 is 32.4 Å². The van der Waals surface area contributed by atoms with Gasteiger partial charge in [-0.1, -0.05) is 0 Å². The van der Waals surface area contributed by atoms with Gasteiger partial charge < -0.3 is 4.90 Å². The lowest BCUT2D eigenvalue weighted by molar-refractivity contribution is -0.0448. The van der Waals surface area contributed by atoms with Crippen LogP contribution in [0.1, 0.15) is 12.8 Å². The SMILES string of the molecule is [C-]#[N+]c1cc2ncnc(N3CCCC(CNS(=O)(=O)C(F)(F)F)C3)c2cc1F. The van der Waals surface area contributed by atoms with Crippen molar-refractivity contribution in [1.82, 2.24) is 14.7 Å². The van der Waals surface area contributed by atoms with Gasteiger partial charge in [-0.25, -0.2) is 32.3 Å². The molecule has 0 radical (unpaired) electrons. The summed E-state index contributed by atoms with van der Waals surface area (Å²) in [6.45, 7) is 7.39. The van der Waals surface area contributed by atoms with Crippen LogP contribution in [0.4, 0.5) is 29.1 Å². The Morgan fingerprint density at radius 2 is 2.07 bits per heavy atom. The van der Waals surface area contributed by atoms with E-state index in [1.165, 1.54) is 12.4 Å². The Labute approximate surface area is 158 Å². The molecule has 0 amide bonds. The summed E-state index contributed by atoms with van der Waals surface area (Å²) in [6.07, 6.45) is 2.40. The number of sulfonamides is 1. The molecule has 12 heteroatoms. The minimum atomic E-state index is -5.40. The van der Waals surface area contributed by atoms with E-state index < -0.39 is 21.3 Å². The first kappa shape index (κ1) is 20.2. The molecule has 7 nitrogen and oxygen atoms in total. The van der Waals surface area contributed by atoms with Crippen LogP contribution >= 0.6 is 0 Å². The molecule has 0 bridgehead atoms. The largest absolute Gasteiger partial charge is 0.511 e. The number of hydrogen-bond donors (Lipinski definition) is 1. The average molecular weight is 417 g/mol. The molecule has 1 N–H and O–H groups in total. The molecule has 1 aliphatic heterocycles. The first-order chi connectivity index (χ1) is 13.1. The van der Waals surface area contributed by atoms with E-state index in [0.29, 0.717) is 36.1 Å². The van der Waals surface area contributed by atoms with Crippen molar-refractivity contribution in [2.45, 2.75) is 18.3 Å². The van der Waals surface area contributed by atoms with E-state index in [4.69, 9.17) is 6.57 Å². The number of alkyl halides is 3. The summed E-state index contributed by atoms with van der Waals surface area (Å²) in [4.78, 5) is 13.0. The van der Waals surface area contributed by atoms with Crippen molar-refractivity contribution in [1.29, 1.82) is 0 Å². The highest BCUT2D eigenvalue weighted by atomic mass is 32.2. The van der Waals surface area contributed by atoms with Gasteiger partial charge in [-0.15, -0.1) is 0 Å². The highest BCUT2D eigenvalue weighted by Gasteiger charge is 2.45. The van der Waals surface area contributed by atoms with Crippen molar-refractivity contribution < 1.29 is 26.0 Å². The highest BCUT2D eigenvalue weighted by Crippen LogP contribution is 2.31. The maximum atomic E-state index is 14.0. The summed E-state index contributed by atoms with van der Waals surface area (Å²) in [5, 5.41) is 0.379. The fourth-order valence-electron chi connectivity index (χ4n) is 3.12. The molecule has 1 aromatic carbocycles. The maximum Gasteiger partial charge on any atom is 0.511 e. The van der Waals surface area contributed by atoms with Crippen molar-refractivity contribution in [3.63, 3.8) is 0 Å². The second-order valence-electron chi connectivity index (χ2n) is 6.38. The maximum absolute atomic E-state index is 14.0. The van der Waals surface area contributed by atoms with Crippen LogP contribution in [0.25, 0.3) is 15.7 Å². The van der Waals surface area contributed by atoms with Crippen LogP contribution < -0.4 is 9.62 Å². The zero-order valence-electron chi connectivity index (χ0n) is 14.4. The molecule has 3 rings (SSSR count). The van der Waals surface area contributed by atoms with Gasteiger partial charge in [-0.3, -0.25) is 0 Å². The molecule has 2 heterocycles. The fraction of sp³-hybridized carbons (Fsp3) is 0.438. The molecule has 28 heavy (non-hydrogen) atoms. The number of benzene rings is 1. The molecule has 1 saturated heterocycles. The van der Waals surface area contributed by atoms with E-state index in [-0.39, 0.29) is 24.7 Å². The highest BCUT2D eigenvalue weighted by molar-refractivity contribution is 7.90. The molecule has 1 aliphatic rings. The lowest BCUT2D eigenvalue weighted by Gasteiger charge is -2.34. The van der Waals surface area contributed by atoms with Crippen LogP contribution in [0.2, 0.25) is 0 Å². The number of hydrogen-bond acceptors (Lipinski definition) is 5. The third kappa shape index (κ3) is 4.00. The normalized spacial score (nSPS) is 18.2. The molecule has 150 valence electrons. The number of anilines is 1. The summed E-state index contributed by atoms with van der Waals surface area (Å²) in [5.74, 6) is -0.697. The van der Waals surface area contributed by atoms with Crippen LogP contribution in [0.15, 0.2) is 18.5 Å². The number of rotatable bonds is 4. The monoisotopic (exact) mass is 417 g/mol. The van der Waals surface area contributed by atoms with Crippen molar-refractivity contribution in [2.75, 3.05) is 24.5 Å². The Balaban J connectivity index is 1.81. The molecule has 0 spiro atoms. The first-order valence-electron chi connectivity index (χ1n) is 8.25. The third-order valence-electron chi connectivity index (χ3n) is 4.49. The summed E-state index contributed by atoms with van der Waals surface area (Å²) in [5.41, 5.74) is -5.16. The Bertz CT molecular complexity index is 1040. The summed E-state index contributed by atoms with van der Waals surface area (Å²) in [7, 11) is -5.40. The van der Waals surface area contributed by atoms with Gasteiger partial charge >= 0.3 is 15.5 Å². The van der Waals surface area contributed by atoms with Gasteiger partial charge in [0.05, 0.1) is 12.1 Å². The number of piperidine rings is 1. The number of aromatic nitrogens is 2. The van der Waals surface area contributed by atoms with Crippen molar-refractivity contribution in [3.05, 3.63) is 35.7 Å². The molecular formula is C16H15F4N5O2S. The zero-order chi connectivity index (χ0) is 20.5. The van der Waals surface area contributed by atoms with Crippen LogP contribution in [0.3, 0.4) is 0 Å². The molecule has 2 aromatic rings. The third-order valence-corrected chi connectivity index (χ3v) is 5.64. The van der Waals surface area contributed by atoms with E-state index in [9.17, 15) is 26.0 Å². The molecule has 1 unspecified atom stereocenters. The molecular weight excluding hydrogens is 402 g/mol. The van der Waals surface area contributed by atoms with Crippen LogP contribution in [0, 0.1) is 18.3 Å². The van der Waals surface area contributed by atoms with Gasteiger partial charge in [0.15, 0.2) is 0 Å². The molecule has 0 aliphatic carbocycles. The van der Waals surface area contributed by atoms with E-state index in [2.05, 4.69) is 14.8 Å².